The van der Waals surface area contributed by atoms with E-state index in [2.05, 4.69) is 73.3 Å². The van der Waals surface area contributed by atoms with Crippen LogP contribution in [0, 0.1) is 0 Å². The van der Waals surface area contributed by atoms with Crippen molar-refractivity contribution in [2.75, 3.05) is 0 Å². The summed E-state index contributed by atoms with van der Waals surface area (Å²) >= 11 is 6.80. The fourth-order valence-corrected chi connectivity index (χ4v) is 3.51. The fraction of sp³-hybridized carbons (Fsp3) is 0.250. The zero-order valence-corrected chi connectivity index (χ0v) is 14.8. The summed E-state index contributed by atoms with van der Waals surface area (Å²) < 4.78 is 1.55. The van der Waals surface area contributed by atoms with Crippen LogP contribution >= 0.6 is 31.9 Å². The van der Waals surface area contributed by atoms with Crippen molar-refractivity contribution in [2.45, 2.75) is 25.3 Å². The fourth-order valence-electron chi connectivity index (χ4n) is 2.55. The number of amidine groups is 1. The molecule has 1 unspecified atom stereocenters. The number of nitrogens with zero attached hydrogens (tertiary/aromatic N) is 2. The Labute approximate surface area is 141 Å². The van der Waals surface area contributed by atoms with Crippen LogP contribution in [0.5, 0.6) is 0 Å². The van der Waals surface area contributed by atoms with E-state index in [-0.39, 0.29) is 5.54 Å². The summed E-state index contributed by atoms with van der Waals surface area (Å²) in [5, 5.41) is 3.56. The molecule has 1 aliphatic heterocycles. The summed E-state index contributed by atoms with van der Waals surface area (Å²) in [7, 11) is 0. The Bertz CT molecular complexity index is 685. The molecule has 0 spiro atoms. The monoisotopic (exact) mass is 407 g/mol. The molecule has 0 radical (unpaired) electrons. The Kier molecular flexibility index (Phi) is 4.13. The predicted octanol–water partition coefficient (Wildman–Crippen LogP) is 4.94. The van der Waals surface area contributed by atoms with Crippen LogP contribution in [0.4, 0.5) is 5.69 Å². The molecule has 2 aromatic rings. The van der Waals surface area contributed by atoms with Crippen LogP contribution in [0.3, 0.4) is 0 Å². The van der Waals surface area contributed by atoms with E-state index in [1.807, 2.05) is 18.2 Å². The Hall–Kier alpha value is -1.20. The summed E-state index contributed by atoms with van der Waals surface area (Å²) in [5.41, 5.74) is 2.09. The molecule has 108 valence electrons. The van der Waals surface area contributed by atoms with Crippen molar-refractivity contribution in [3.63, 3.8) is 0 Å². The van der Waals surface area contributed by atoms with Gasteiger partial charge >= 0.3 is 0 Å². The molecule has 1 aromatic carbocycles. The van der Waals surface area contributed by atoms with Gasteiger partial charge in [-0.15, -0.1) is 0 Å². The van der Waals surface area contributed by atoms with Gasteiger partial charge in [-0.05, 0) is 62.9 Å². The second kappa shape index (κ2) is 5.89. The molecule has 1 fully saturated rings. The molecule has 1 aliphatic rings. The standard InChI is InChI=1S/C16H15Br2N3/c1-16(11-5-3-2-4-6-11)10-9-14(21-16)19-12-7-8-13(17)20-15(12)18/h2-8H,9-10H2,1H3,(H,19,21). The molecule has 3 nitrogen and oxygen atoms in total. The first kappa shape index (κ1) is 14.7. The lowest BCUT2D eigenvalue weighted by Gasteiger charge is -2.25. The van der Waals surface area contributed by atoms with Gasteiger partial charge < -0.3 is 5.32 Å². The lowest BCUT2D eigenvalue weighted by Crippen LogP contribution is -2.35. The van der Waals surface area contributed by atoms with E-state index in [0.29, 0.717) is 0 Å². The zero-order chi connectivity index (χ0) is 14.9. The highest BCUT2D eigenvalue weighted by molar-refractivity contribution is 9.11. The Balaban J connectivity index is 1.85. The van der Waals surface area contributed by atoms with Crippen LogP contribution in [0.2, 0.25) is 0 Å². The van der Waals surface area contributed by atoms with Crippen LogP contribution in [0.15, 0.2) is 56.7 Å². The molecule has 1 aromatic heterocycles. The number of aromatic nitrogens is 1. The largest absolute Gasteiger partial charge is 0.364 e. The third-order valence-corrected chi connectivity index (χ3v) is 4.77. The molecule has 0 amide bonds. The first-order valence-electron chi connectivity index (χ1n) is 6.80. The minimum Gasteiger partial charge on any atom is -0.364 e. The van der Waals surface area contributed by atoms with E-state index >= 15 is 0 Å². The number of hydrogen-bond acceptors (Lipinski definition) is 2. The Morgan fingerprint density at radius 2 is 1.90 bits per heavy atom. The highest BCUT2D eigenvalue weighted by atomic mass is 79.9. The predicted molar refractivity (Wildman–Crippen MR) is 92.9 cm³/mol. The molecule has 0 bridgehead atoms. The molecular weight excluding hydrogens is 394 g/mol. The van der Waals surface area contributed by atoms with E-state index < -0.39 is 0 Å². The number of benzene rings is 1. The van der Waals surface area contributed by atoms with Gasteiger partial charge in [0, 0.05) is 6.42 Å². The van der Waals surface area contributed by atoms with Crippen LogP contribution in [0.25, 0.3) is 0 Å². The smallest absolute Gasteiger partial charge is 0.133 e. The molecule has 21 heavy (non-hydrogen) atoms. The van der Waals surface area contributed by atoms with Gasteiger partial charge in [0.15, 0.2) is 0 Å². The average Bonchev–Trinajstić information content (AvgIpc) is 2.86. The summed E-state index contributed by atoms with van der Waals surface area (Å²) in [6.07, 6.45) is 1.98. The maximum atomic E-state index is 4.70. The van der Waals surface area contributed by atoms with Crippen molar-refractivity contribution >= 4 is 43.4 Å². The molecule has 2 heterocycles. The van der Waals surface area contributed by atoms with Crippen molar-refractivity contribution < 1.29 is 0 Å². The van der Waals surface area contributed by atoms with Crippen molar-refractivity contribution in [2.24, 2.45) is 4.99 Å². The zero-order valence-electron chi connectivity index (χ0n) is 11.6. The Morgan fingerprint density at radius 1 is 1.14 bits per heavy atom. The lowest BCUT2D eigenvalue weighted by atomic mass is 9.91. The van der Waals surface area contributed by atoms with E-state index in [4.69, 9.17) is 4.99 Å². The number of hydrogen-bond donors (Lipinski definition) is 1. The highest BCUT2D eigenvalue weighted by Gasteiger charge is 2.33. The minimum absolute atomic E-state index is 0.0463. The van der Waals surface area contributed by atoms with Crippen molar-refractivity contribution in [3.05, 3.63) is 57.2 Å². The van der Waals surface area contributed by atoms with Gasteiger partial charge in [0.05, 0.1) is 11.2 Å². The quantitative estimate of drug-likeness (QED) is 0.714. The maximum Gasteiger partial charge on any atom is 0.133 e. The number of aliphatic imine (C=N–C) groups is 1. The molecule has 1 N–H and O–H groups in total. The summed E-state index contributed by atoms with van der Waals surface area (Å²) in [4.78, 5) is 9.00. The van der Waals surface area contributed by atoms with Crippen LogP contribution < -0.4 is 5.32 Å². The first-order valence-corrected chi connectivity index (χ1v) is 8.39. The van der Waals surface area contributed by atoms with Crippen LogP contribution in [-0.2, 0) is 5.54 Å². The van der Waals surface area contributed by atoms with Gasteiger partial charge in [-0.25, -0.2) is 9.98 Å². The van der Waals surface area contributed by atoms with Crippen LogP contribution in [-0.4, -0.2) is 10.8 Å². The maximum absolute atomic E-state index is 4.70. The number of nitrogens with one attached hydrogen (secondary N) is 1. The molecule has 1 saturated heterocycles. The second-order valence-electron chi connectivity index (χ2n) is 5.33. The third kappa shape index (κ3) is 3.19. The molecule has 1 atom stereocenters. The van der Waals surface area contributed by atoms with Gasteiger partial charge in [0.1, 0.15) is 15.0 Å². The normalized spacial score (nSPS) is 23.3. The molecule has 5 heteroatoms. The van der Waals surface area contributed by atoms with Gasteiger partial charge in [-0.2, -0.15) is 0 Å². The topological polar surface area (TPSA) is 37.3 Å². The van der Waals surface area contributed by atoms with Gasteiger partial charge in [-0.3, -0.25) is 0 Å². The number of halogens is 2. The van der Waals surface area contributed by atoms with Crippen molar-refractivity contribution in [1.82, 2.24) is 10.3 Å². The second-order valence-corrected chi connectivity index (χ2v) is 6.89. The average molecular weight is 409 g/mol. The lowest BCUT2D eigenvalue weighted by molar-refractivity contribution is 0.453. The molecular formula is C16H15Br2N3. The van der Waals surface area contributed by atoms with Crippen molar-refractivity contribution in [1.29, 1.82) is 0 Å². The SMILES string of the molecule is CC1(c2ccccc2)CC/C(=N/c2ccc(Br)nc2Br)N1. The van der Waals surface area contributed by atoms with E-state index in [0.717, 1.165) is 33.6 Å². The number of rotatable bonds is 2. The first-order chi connectivity index (χ1) is 10.1. The summed E-state index contributed by atoms with van der Waals surface area (Å²) in [6.45, 7) is 2.22. The van der Waals surface area contributed by atoms with Gasteiger partial charge in [0.2, 0.25) is 0 Å². The Morgan fingerprint density at radius 3 is 2.62 bits per heavy atom. The summed E-state index contributed by atoms with van der Waals surface area (Å²) in [6, 6.07) is 14.4. The third-order valence-electron chi connectivity index (χ3n) is 3.74. The molecule has 0 saturated carbocycles. The van der Waals surface area contributed by atoms with E-state index in [9.17, 15) is 0 Å². The minimum atomic E-state index is -0.0463. The molecule has 0 aliphatic carbocycles. The van der Waals surface area contributed by atoms with E-state index in [1.165, 1.54) is 5.56 Å². The van der Waals surface area contributed by atoms with Gasteiger partial charge in [0.25, 0.3) is 0 Å². The summed E-state index contributed by atoms with van der Waals surface area (Å²) in [5.74, 6) is 1.01. The van der Waals surface area contributed by atoms with Crippen LogP contribution in [0.1, 0.15) is 25.3 Å². The highest BCUT2D eigenvalue weighted by Crippen LogP contribution is 2.33. The van der Waals surface area contributed by atoms with E-state index in [1.54, 1.807) is 0 Å². The van der Waals surface area contributed by atoms with Gasteiger partial charge in [-0.1, -0.05) is 30.3 Å². The van der Waals surface area contributed by atoms with Crippen molar-refractivity contribution in [3.8, 4) is 0 Å². The molecule has 3 rings (SSSR count). The number of pyridine rings is 1.